The van der Waals surface area contributed by atoms with Crippen molar-refractivity contribution >= 4 is 11.8 Å². The maximum absolute atomic E-state index is 13.8. The van der Waals surface area contributed by atoms with E-state index >= 15 is 0 Å². The average Bonchev–Trinajstić information content (AvgIpc) is 2.77. The highest BCUT2D eigenvalue weighted by molar-refractivity contribution is 5.96. The lowest BCUT2D eigenvalue weighted by atomic mass is 9.93. The third-order valence-electron chi connectivity index (χ3n) is 5.58. The molecule has 1 fully saturated rings. The van der Waals surface area contributed by atoms with Gasteiger partial charge in [0.25, 0.3) is 5.91 Å². The predicted octanol–water partition coefficient (Wildman–Crippen LogP) is 3.26. The van der Waals surface area contributed by atoms with E-state index in [1.54, 1.807) is 43.1 Å². The molecule has 2 amide bonds. The SMILES string of the molecule is Cc1cnc(C(=O)N2CCN(C)C(=O)[C@H]2Cc2ccccc2-c2cc(F)cc(F)c2)cn1. The van der Waals surface area contributed by atoms with Gasteiger partial charge in [0.05, 0.1) is 11.9 Å². The number of nitrogens with zero attached hydrogens (tertiary/aromatic N) is 4. The molecule has 0 saturated carbocycles. The summed E-state index contributed by atoms with van der Waals surface area (Å²) >= 11 is 0. The largest absolute Gasteiger partial charge is 0.342 e. The Bertz CT molecular complexity index is 1150. The fourth-order valence-corrected chi connectivity index (χ4v) is 3.90. The minimum Gasteiger partial charge on any atom is -0.342 e. The molecular formula is C24H22F2N4O2. The molecule has 1 atom stereocenters. The van der Waals surface area contributed by atoms with Crippen molar-refractivity contribution in [1.29, 1.82) is 0 Å². The Hall–Kier alpha value is -3.68. The van der Waals surface area contributed by atoms with Gasteiger partial charge in [-0.05, 0) is 35.7 Å². The molecule has 0 spiro atoms. The lowest BCUT2D eigenvalue weighted by Crippen LogP contribution is -2.58. The van der Waals surface area contributed by atoms with Gasteiger partial charge in [0.2, 0.25) is 5.91 Å². The molecule has 0 bridgehead atoms. The van der Waals surface area contributed by atoms with Gasteiger partial charge >= 0.3 is 0 Å². The first-order valence-electron chi connectivity index (χ1n) is 10.2. The first kappa shape index (κ1) is 21.5. The molecule has 4 rings (SSSR count). The highest BCUT2D eigenvalue weighted by Crippen LogP contribution is 2.28. The number of piperazine rings is 1. The Balaban J connectivity index is 1.70. The van der Waals surface area contributed by atoms with Crippen molar-refractivity contribution in [1.82, 2.24) is 19.8 Å². The first-order valence-corrected chi connectivity index (χ1v) is 10.2. The van der Waals surface area contributed by atoms with E-state index in [1.807, 2.05) is 0 Å². The number of amides is 2. The van der Waals surface area contributed by atoms with Crippen LogP contribution in [0.25, 0.3) is 11.1 Å². The van der Waals surface area contributed by atoms with Gasteiger partial charge in [-0.25, -0.2) is 13.8 Å². The summed E-state index contributed by atoms with van der Waals surface area (Å²) in [6, 6.07) is 9.65. The standard InChI is InChI=1S/C24H22F2N4O2/c1-15-13-28-21(14-27-15)23(31)30-8-7-29(2)24(32)22(30)11-16-5-3-4-6-20(16)17-9-18(25)12-19(26)10-17/h3-6,9-10,12-14,22H,7-8,11H2,1-2H3/t22-/m1/s1. The van der Waals surface area contributed by atoms with Crippen LogP contribution in [0.15, 0.2) is 54.9 Å². The van der Waals surface area contributed by atoms with E-state index < -0.39 is 17.7 Å². The second kappa shape index (κ2) is 8.82. The van der Waals surface area contributed by atoms with E-state index in [9.17, 15) is 18.4 Å². The lowest BCUT2D eigenvalue weighted by Gasteiger charge is -2.39. The van der Waals surface area contributed by atoms with E-state index in [1.165, 1.54) is 29.4 Å². The molecule has 1 aliphatic rings. The summed E-state index contributed by atoms with van der Waals surface area (Å²) in [6.07, 6.45) is 3.11. The quantitative estimate of drug-likeness (QED) is 0.630. The first-order chi connectivity index (χ1) is 15.3. The molecule has 1 aromatic heterocycles. The van der Waals surface area contributed by atoms with Crippen LogP contribution < -0.4 is 0 Å². The number of carbonyl (C=O) groups excluding carboxylic acids is 2. The number of rotatable bonds is 4. The molecule has 0 unspecified atom stereocenters. The van der Waals surface area contributed by atoms with Gasteiger partial charge < -0.3 is 9.80 Å². The summed E-state index contributed by atoms with van der Waals surface area (Å²) in [5, 5.41) is 0. The second-order valence-corrected chi connectivity index (χ2v) is 7.84. The van der Waals surface area contributed by atoms with Gasteiger partial charge in [0, 0.05) is 38.8 Å². The number of halogens is 2. The molecule has 164 valence electrons. The van der Waals surface area contributed by atoms with E-state index in [0.29, 0.717) is 35.5 Å². The van der Waals surface area contributed by atoms with Crippen molar-refractivity contribution in [2.75, 3.05) is 20.1 Å². The zero-order valence-corrected chi connectivity index (χ0v) is 17.8. The fraction of sp³-hybridized carbons (Fsp3) is 0.250. The zero-order valence-electron chi connectivity index (χ0n) is 17.8. The molecule has 0 radical (unpaired) electrons. The Morgan fingerprint density at radius 2 is 1.78 bits per heavy atom. The number of aryl methyl sites for hydroxylation is 1. The maximum atomic E-state index is 13.8. The van der Waals surface area contributed by atoms with Crippen LogP contribution in [0.3, 0.4) is 0 Å². The van der Waals surface area contributed by atoms with Crippen LogP contribution in [-0.2, 0) is 11.2 Å². The van der Waals surface area contributed by atoms with Crippen molar-refractivity contribution in [2.24, 2.45) is 0 Å². The Kier molecular flexibility index (Phi) is 5.94. The van der Waals surface area contributed by atoms with Crippen molar-refractivity contribution in [3.8, 4) is 11.1 Å². The minimum atomic E-state index is -0.774. The highest BCUT2D eigenvalue weighted by Gasteiger charge is 2.37. The van der Waals surface area contributed by atoms with Crippen LogP contribution in [-0.4, -0.2) is 57.8 Å². The second-order valence-electron chi connectivity index (χ2n) is 7.84. The molecule has 32 heavy (non-hydrogen) atoms. The zero-order chi connectivity index (χ0) is 22.8. The summed E-state index contributed by atoms with van der Waals surface area (Å²) in [5.74, 6) is -1.95. The topological polar surface area (TPSA) is 66.4 Å². The summed E-state index contributed by atoms with van der Waals surface area (Å²) in [7, 11) is 1.69. The van der Waals surface area contributed by atoms with Crippen LogP contribution in [0, 0.1) is 18.6 Å². The van der Waals surface area contributed by atoms with Crippen LogP contribution in [0.2, 0.25) is 0 Å². The summed E-state index contributed by atoms with van der Waals surface area (Å²) in [6.45, 7) is 2.52. The number of benzene rings is 2. The molecule has 8 heteroatoms. The monoisotopic (exact) mass is 436 g/mol. The normalized spacial score (nSPS) is 16.4. The van der Waals surface area contributed by atoms with Crippen LogP contribution >= 0.6 is 0 Å². The Morgan fingerprint density at radius 3 is 2.47 bits per heavy atom. The van der Waals surface area contributed by atoms with Crippen molar-refractivity contribution in [2.45, 2.75) is 19.4 Å². The molecule has 1 aliphatic heterocycles. The average molecular weight is 436 g/mol. The van der Waals surface area contributed by atoms with Gasteiger partial charge in [-0.2, -0.15) is 0 Å². The number of likely N-dealkylation sites (N-methyl/N-ethyl adjacent to an activating group) is 1. The van der Waals surface area contributed by atoms with Gasteiger partial charge in [0.1, 0.15) is 23.4 Å². The number of hydrogen-bond acceptors (Lipinski definition) is 4. The molecule has 2 aromatic carbocycles. The molecule has 3 aromatic rings. The smallest absolute Gasteiger partial charge is 0.274 e. The third-order valence-corrected chi connectivity index (χ3v) is 5.58. The van der Waals surface area contributed by atoms with Crippen molar-refractivity contribution in [3.63, 3.8) is 0 Å². The molecular weight excluding hydrogens is 414 g/mol. The molecule has 0 N–H and O–H groups in total. The van der Waals surface area contributed by atoms with E-state index in [4.69, 9.17) is 0 Å². The Labute approximate surface area is 184 Å². The highest BCUT2D eigenvalue weighted by atomic mass is 19.1. The predicted molar refractivity (Wildman–Crippen MR) is 115 cm³/mol. The van der Waals surface area contributed by atoms with E-state index in [0.717, 1.165) is 6.07 Å². The maximum Gasteiger partial charge on any atom is 0.274 e. The number of hydrogen-bond donors (Lipinski definition) is 0. The molecule has 0 aliphatic carbocycles. The number of aromatic nitrogens is 2. The summed E-state index contributed by atoms with van der Waals surface area (Å²) < 4.78 is 27.7. The molecule has 1 saturated heterocycles. The lowest BCUT2D eigenvalue weighted by molar-refractivity contribution is -0.138. The Morgan fingerprint density at radius 1 is 1.06 bits per heavy atom. The number of carbonyl (C=O) groups is 2. The summed E-state index contributed by atoms with van der Waals surface area (Å²) in [5.41, 5.74) is 2.53. The van der Waals surface area contributed by atoms with Crippen LogP contribution in [0.4, 0.5) is 8.78 Å². The van der Waals surface area contributed by atoms with E-state index in [-0.39, 0.29) is 23.9 Å². The third kappa shape index (κ3) is 4.34. The minimum absolute atomic E-state index is 0.165. The van der Waals surface area contributed by atoms with Gasteiger partial charge in [-0.15, -0.1) is 0 Å². The fourth-order valence-electron chi connectivity index (χ4n) is 3.90. The van der Waals surface area contributed by atoms with Crippen LogP contribution in [0.5, 0.6) is 0 Å². The van der Waals surface area contributed by atoms with Gasteiger partial charge in [-0.3, -0.25) is 14.6 Å². The molecule has 6 nitrogen and oxygen atoms in total. The summed E-state index contributed by atoms with van der Waals surface area (Å²) in [4.78, 5) is 37.6. The van der Waals surface area contributed by atoms with Crippen LogP contribution in [0.1, 0.15) is 21.7 Å². The van der Waals surface area contributed by atoms with Crippen molar-refractivity contribution in [3.05, 3.63) is 83.4 Å². The molecule has 2 heterocycles. The van der Waals surface area contributed by atoms with Gasteiger partial charge in [-0.1, -0.05) is 24.3 Å². The van der Waals surface area contributed by atoms with E-state index in [2.05, 4.69) is 9.97 Å². The van der Waals surface area contributed by atoms with Crippen molar-refractivity contribution < 1.29 is 18.4 Å². The van der Waals surface area contributed by atoms with Gasteiger partial charge in [0.15, 0.2) is 0 Å².